The molecule has 4 aliphatic carbocycles. The molecule has 0 bridgehead atoms. The summed E-state index contributed by atoms with van der Waals surface area (Å²) >= 11 is 0. The van der Waals surface area contributed by atoms with Crippen molar-refractivity contribution in [2.45, 2.75) is 76.9 Å². The molecule has 166 valence electrons. The van der Waals surface area contributed by atoms with E-state index in [1.54, 1.807) is 12.7 Å². The highest BCUT2D eigenvalue weighted by atomic mass is 16.6. The number of allylic oxidation sites excluding steroid dienone is 3. The maximum atomic E-state index is 12.7. The van der Waals surface area contributed by atoms with Gasteiger partial charge in [-0.15, -0.1) is 0 Å². The van der Waals surface area contributed by atoms with Gasteiger partial charge >= 0.3 is 6.09 Å². The average molecular weight is 416 g/mol. The van der Waals surface area contributed by atoms with Gasteiger partial charge in [0.1, 0.15) is 5.60 Å². The summed E-state index contributed by atoms with van der Waals surface area (Å²) in [7, 11) is 1.70. The Hall–Kier alpha value is -1.33. The lowest BCUT2D eigenvalue weighted by atomic mass is 9.50. The number of fused-ring (bicyclic) bond motifs is 6. The highest BCUT2D eigenvalue weighted by Gasteiger charge is 2.67. The second kappa shape index (κ2) is 7.09. The van der Waals surface area contributed by atoms with Crippen LogP contribution in [0.15, 0.2) is 23.3 Å². The number of carbonyl (C=O) groups excluding carboxylic acids is 1. The Morgan fingerprint density at radius 2 is 1.97 bits per heavy atom. The van der Waals surface area contributed by atoms with Crippen molar-refractivity contribution in [3.8, 4) is 0 Å². The fraction of sp³-hybridized carbons (Fsp3) is 0.800. The first-order valence-corrected chi connectivity index (χ1v) is 11.9. The van der Waals surface area contributed by atoms with Crippen LogP contribution in [0.25, 0.3) is 0 Å². The van der Waals surface area contributed by atoms with Gasteiger partial charge in [-0.3, -0.25) is 0 Å². The molecule has 5 heteroatoms. The van der Waals surface area contributed by atoms with E-state index in [0.717, 1.165) is 57.9 Å². The Morgan fingerprint density at radius 1 is 1.17 bits per heavy atom. The van der Waals surface area contributed by atoms with Crippen LogP contribution in [0.4, 0.5) is 4.79 Å². The third kappa shape index (κ3) is 2.77. The molecule has 0 unspecified atom stereocenters. The van der Waals surface area contributed by atoms with Crippen LogP contribution in [-0.4, -0.2) is 54.6 Å². The first-order chi connectivity index (χ1) is 14.3. The van der Waals surface area contributed by atoms with E-state index < -0.39 is 0 Å². The van der Waals surface area contributed by atoms with Crippen LogP contribution in [0.5, 0.6) is 0 Å². The molecule has 5 aliphatic rings. The molecule has 1 N–H and O–H groups in total. The van der Waals surface area contributed by atoms with Crippen LogP contribution in [0.1, 0.15) is 65.2 Å². The van der Waals surface area contributed by atoms with Crippen molar-refractivity contribution in [2.24, 2.45) is 22.7 Å². The van der Waals surface area contributed by atoms with Crippen molar-refractivity contribution in [1.29, 1.82) is 0 Å². The van der Waals surface area contributed by atoms with Gasteiger partial charge in [-0.25, -0.2) is 4.79 Å². The molecule has 1 spiro atoms. The monoisotopic (exact) mass is 415 g/mol. The molecule has 0 aromatic heterocycles. The molecular weight excluding hydrogens is 378 g/mol. The number of aliphatic hydroxyl groups excluding tert-OH is 1. The summed E-state index contributed by atoms with van der Waals surface area (Å²) < 4.78 is 11.4. The minimum atomic E-state index is -0.346. The SMILES string of the molecule is COCCCN1C[C@@]2(CC[C@H]3C4=CC=C5C[C@@H](O)CC[C@]5(C)[C@H]4CC[C@@]32C)OC1=O. The number of hydrogen-bond acceptors (Lipinski definition) is 4. The van der Waals surface area contributed by atoms with Crippen molar-refractivity contribution in [3.63, 3.8) is 0 Å². The number of ether oxygens (including phenoxy) is 2. The molecule has 30 heavy (non-hydrogen) atoms. The first kappa shape index (κ1) is 20.6. The van der Waals surface area contributed by atoms with Gasteiger partial charge in [-0.05, 0) is 68.6 Å². The van der Waals surface area contributed by atoms with Crippen LogP contribution >= 0.6 is 0 Å². The van der Waals surface area contributed by atoms with E-state index in [4.69, 9.17) is 9.47 Å². The van der Waals surface area contributed by atoms with Gasteiger partial charge in [0.05, 0.1) is 12.6 Å². The fourth-order valence-corrected chi connectivity index (χ4v) is 7.71. The normalized spacial score (nSPS) is 44.9. The summed E-state index contributed by atoms with van der Waals surface area (Å²) in [5.41, 5.74) is 2.90. The van der Waals surface area contributed by atoms with Crippen molar-refractivity contribution in [1.82, 2.24) is 4.90 Å². The van der Waals surface area contributed by atoms with E-state index in [2.05, 4.69) is 26.0 Å². The van der Waals surface area contributed by atoms with E-state index in [1.807, 2.05) is 4.90 Å². The average Bonchev–Trinajstić information content (AvgIpc) is 3.19. The van der Waals surface area contributed by atoms with Crippen molar-refractivity contribution >= 4 is 6.09 Å². The Morgan fingerprint density at radius 3 is 2.77 bits per heavy atom. The topological polar surface area (TPSA) is 59.0 Å². The predicted molar refractivity (Wildman–Crippen MR) is 115 cm³/mol. The highest BCUT2D eigenvalue weighted by molar-refractivity contribution is 5.71. The molecule has 6 atom stereocenters. The Kier molecular flexibility index (Phi) is 4.86. The number of carbonyl (C=O) groups is 1. The molecule has 0 radical (unpaired) electrons. The molecule has 0 aromatic rings. The molecule has 3 saturated carbocycles. The van der Waals surface area contributed by atoms with Crippen LogP contribution in [-0.2, 0) is 9.47 Å². The number of nitrogens with zero attached hydrogens (tertiary/aromatic N) is 1. The number of rotatable bonds is 4. The third-order valence-corrected chi connectivity index (χ3v) is 9.60. The Balaban J connectivity index is 1.41. The van der Waals surface area contributed by atoms with Gasteiger partial charge in [0.25, 0.3) is 0 Å². The molecule has 5 nitrogen and oxygen atoms in total. The van der Waals surface area contributed by atoms with Crippen LogP contribution in [0.3, 0.4) is 0 Å². The van der Waals surface area contributed by atoms with E-state index in [9.17, 15) is 9.90 Å². The third-order valence-electron chi connectivity index (χ3n) is 9.60. The number of methoxy groups -OCH3 is 1. The summed E-state index contributed by atoms with van der Waals surface area (Å²) in [6, 6.07) is 0. The maximum absolute atomic E-state index is 12.7. The van der Waals surface area contributed by atoms with Gasteiger partial charge < -0.3 is 19.5 Å². The molecule has 5 rings (SSSR count). The molecule has 4 fully saturated rings. The maximum Gasteiger partial charge on any atom is 0.410 e. The van der Waals surface area contributed by atoms with Crippen molar-refractivity contribution < 1.29 is 19.4 Å². The molecule has 1 aliphatic heterocycles. The van der Waals surface area contributed by atoms with E-state index in [-0.39, 0.29) is 28.6 Å². The zero-order chi connectivity index (χ0) is 21.1. The first-order valence-electron chi connectivity index (χ1n) is 11.9. The lowest BCUT2D eigenvalue weighted by molar-refractivity contribution is -0.0627. The quantitative estimate of drug-likeness (QED) is 0.689. The summed E-state index contributed by atoms with van der Waals surface area (Å²) in [6.45, 7) is 6.94. The summed E-state index contributed by atoms with van der Waals surface area (Å²) in [4.78, 5) is 14.6. The number of aliphatic hydroxyl groups is 1. The molecular formula is C25H37NO4. The van der Waals surface area contributed by atoms with Gasteiger partial charge in [-0.2, -0.15) is 0 Å². The van der Waals surface area contributed by atoms with Crippen LogP contribution in [0.2, 0.25) is 0 Å². The Labute approximate surface area is 180 Å². The summed E-state index contributed by atoms with van der Waals surface area (Å²) in [5, 5.41) is 10.2. The van der Waals surface area contributed by atoms with Crippen LogP contribution < -0.4 is 0 Å². The lowest BCUT2D eigenvalue weighted by Crippen LogP contribution is -2.53. The predicted octanol–water partition coefficient (Wildman–Crippen LogP) is 4.46. The van der Waals surface area contributed by atoms with Crippen molar-refractivity contribution in [3.05, 3.63) is 23.3 Å². The van der Waals surface area contributed by atoms with Gasteiger partial charge in [-0.1, -0.05) is 37.1 Å². The lowest BCUT2D eigenvalue weighted by Gasteiger charge is -2.55. The molecule has 0 aromatic carbocycles. The largest absolute Gasteiger partial charge is 0.440 e. The molecule has 1 amide bonds. The van der Waals surface area contributed by atoms with Gasteiger partial charge in [0.15, 0.2) is 0 Å². The minimum absolute atomic E-state index is 0.0108. The van der Waals surface area contributed by atoms with E-state index in [0.29, 0.717) is 25.0 Å². The summed E-state index contributed by atoms with van der Waals surface area (Å²) in [5.74, 6) is 1.07. The Bertz CT molecular complexity index is 790. The number of hydrogen-bond donors (Lipinski definition) is 1. The smallest absolute Gasteiger partial charge is 0.410 e. The molecule has 1 heterocycles. The fourth-order valence-electron chi connectivity index (χ4n) is 7.71. The number of amides is 1. The highest BCUT2D eigenvalue weighted by Crippen LogP contribution is 2.67. The second-order valence-corrected chi connectivity index (χ2v) is 10.9. The van der Waals surface area contributed by atoms with E-state index >= 15 is 0 Å². The van der Waals surface area contributed by atoms with Gasteiger partial charge in [0, 0.05) is 25.7 Å². The van der Waals surface area contributed by atoms with E-state index in [1.165, 1.54) is 5.57 Å². The zero-order valence-corrected chi connectivity index (χ0v) is 18.8. The molecule has 1 saturated heterocycles. The van der Waals surface area contributed by atoms with Crippen molar-refractivity contribution in [2.75, 3.05) is 26.8 Å². The second-order valence-electron chi connectivity index (χ2n) is 10.9. The zero-order valence-electron chi connectivity index (χ0n) is 18.8. The van der Waals surface area contributed by atoms with Crippen LogP contribution in [0, 0.1) is 22.7 Å². The summed E-state index contributed by atoms with van der Waals surface area (Å²) in [6.07, 6.45) is 12.4. The minimum Gasteiger partial charge on any atom is -0.440 e. The standard InChI is InChI=1S/C25H37NO4/c1-23-10-7-18(27)15-17(23)5-6-19-20(23)8-11-24(2)21(19)9-12-25(24)16-26(22(28)30-25)13-4-14-29-3/h5-6,18,20-21,27H,4,7-16H2,1-3H3/t18-,20-,21-,23-,24-,25+/m0/s1. The van der Waals surface area contributed by atoms with Gasteiger partial charge in [0.2, 0.25) is 0 Å².